The van der Waals surface area contributed by atoms with Crippen LogP contribution in [0.2, 0.25) is 0 Å². The first kappa shape index (κ1) is 20.6. The number of nitrogens with one attached hydrogen (secondary N) is 2. The van der Waals surface area contributed by atoms with Gasteiger partial charge in [-0.25, -0.2) is 4.79 Å². The number of urea groups is 1. The summed E-state index contributed by atoms with van der Waals surface area (Å²) < 4.78 is 5.98. The number of likely N-dealkylation sites (N-methyl/N-ethyl adjacent to an activating group) is 1. The van der Waals surface area contributed by atoms with Gasteiger partial charge in [-0.15, -0.1) is 0 Å². The number of ether oxygens (including phenoxy) is 1. The second kappa shape index (κ2) is 9.89. The van der Waals surface area contributed by atoms with Crippen molar-refractivity contribution < 1.29 is 19.4 Å². The lowest BCUT2D eigenvalue weighted by atomic mass is 9.85. The second-order valence-corrected chi connectivity index (χ2v) is 7.74. The van der Waals surface area contributed by atoms with E-state index in [1.807, 2.05) is 30.0 Å². The Bertz CT molecular complexity index is 648. The number of amides is 2. The minimum absolute atomic E-state index is 0.0254. The van der Waals surface area contributed by atoms with E-state index >= 15 is 0 Å². The number of carbonyl (C=O) groups excluding carboxylic acids is 1. The standard InChI is InChI=1S/C21H31N3O4/c1-2-24(14-19(25)26)18-11-17(12-18)23-21(27)22-13-16-9-6-10-28-20(16)15-7-4-3-5-8-15/h3-5,7-8,16-18,20H,2,6,9-14H2,1H3,(H,25,26)(H2,22,23,27). The Labute approximate surface area is 166 Å². The number of nitrogens with zero attached hydrogens (tertiary/aromatic N) is 1. The third kappa shape index (κ3) is 5.45. The van der Waals surface area contributed by atoms with Gasteiger partial charge in [-0.3, -0.25) is 9.69 Å². The molecule has 1 aromatic rings. The fraction of sp³-hybridized carbons (Fsp3) is 0.619. The van der Waals surface area contributed by atoms with Crippen LogP contribution in [0.5, 0.6) is 0 Å². The van der Waals surface area contributed by atoms with Crippen LogP contribution in [-0.2, 0) is 9.53 Å². The van der Waals surface area contributed by atoms with Crippen LogP contribution in [0, 0.1) is 5.92 Å². The molecule has 154 valence electrons. The lowest BCUT2D eigenvalue weighted by Gasteiger charge is -2.42. The summed E-state index contributed by atoms with van der Waals surface area (Å²) in [6, 6.07) is 10.4. The first-order valence-electron chi connectivity index (χ1n) is 10.2. The van der Waals surface area contributed by atoms with E-state index in [1.54, 1.807) is 0 Å². The number of carbonyl (C=O) groups is 2. The summed E-state index contributed by atoms with van der Waals surface area (Å²) in [5.41, 5.74) is 1.16. The number of aliphatic carboxylic acids is 1. The van der Waals surface area contributed by atoms with E-state index in [-0.39, 0.29) is 36.7 Å². The summed E-state index contributed by atoms with van der Waals surface area (Å²) in [4.78, 5) is 25.1. The summed E-state index contributed by atoms with van der Waals surface area (Å²) in [5, 5.41) is 15.0. The maximum Gasteiger partial charge on any atom is 0.317 e. The van der Waals surface area contributed by atoms with Crippen molar-refractivity contribution in [1.29, 1.82) is 0 Å². The van der Waals surface area contributed by atoms with Gasteiger partial charge in [-0.05, 0) is 37.8 Å². The number of hydrogen-bond acceptors (Lipinski definition) is 4. The van der Waals surface area contributed by atoms with Gasteiger partial charge in [0.15, 0.2) is 0 Å². The van der Waals surface area contributed by atoms with Crippen LogP contribution >= 0.6 is 0 Å². The Morgan fingerprint density at radius 3 is 2.68 bits per heavy atom. The fourth-order valence-corrected chi connectivity index (χ4v) is 4.20. The molecule has 0 aromatic heterocycles. The zero-order valence-corrected chi connectivity index (χ0v) is 16.5. The van der Waals surface area contributed by atoms with Crippen molar-refractivity contribution in [1.82, 2.24) is 15.5 Å². The van der Waals surface area contributed by atoms with Gasteiger partial charge in [-0.1, -0.05) is 37.3 Å². The molecule has 3 N–H and O–H groups in total. The third-order valence-corrected chi connectivity index (χ3v) is 5.81. The largest absolute Gasteiger partial charge is 0.480 e. The normalized spacial score (nSPS) is 27.1. The first-order valence-corrected chi connectivity index (χ1v) is 10.2. The van der Waals surface area contributed by atoms with Gasteiger partial charge in [0, 0.05) is 31.2 Å². The van der Waals surface area contributed by atoms with Gasteiger partial charge in [0.2, 0.25) is 0 Å². The lowest BCUT2D eigenvalue weighted by Crippen LogP contribution is -2.56. The Morgan fingerprint density at radius 1 is 1.25 bits per heavy atom. The zero-order chi connectivity index (χ0) is 19.9. The Morgan fingerprint density at radius 2 is 2.00 bits per heavy atom. The monoisotopic (exact) mass is 389 g/mol. The predicted molar refractivity (Wildman–Crippen MR) is 106 cm³/mol. The maximum absolute atomic E-state index is 12.3. The molecule has 2 aliphatic rings. The van der Waals surface area contributed by atoms with Crippen molar-refractivity contribution in [3.8, 4) is 0 Å². The van der Waals surface area contributed by atoms with Crippen molar-refractivity contribution in [3.63, 3.8) is 0 Å². The van der Waals surface area contributed by atoms with Crippen LogP contribution in [0.3, 0.4) is 0 Å². The molecular formula is C21H31N3O4. The molecule has 0 bridgehead atoms. The van der Waals surface area contributed by atoms with E-state index in [9.17, 15) is 9.59 Å². The molecule has 1 aromatic carbocycles. The molecule has 0 radical (unpaired) electrons. The molecule has 1 heterocycles. The summed E-state index contributed by atoms with van der Waals surface area (Å²) in [7, 11) is 0. The van der Waals surface area contributed by atoms with Crippen LogP contribution in [0.15, 0.2) is 30.3 Å². The van der Waals surface area contributed by atoms with Gasteiger partial charge in [0.25, 0.3) is 0 Å². The molecule has 1 aliphatic carbocycles. The molecule has 1 saturated heterocycles. The SMILES string of the molecule is CCN(CC(=O)O)C1CC(NC(=O)NCC2CCCOC2c2ccccc2)C1. The summed E-state index contributed by atoms with van der Waals surface area (Å²) in [6.07, 6.45) is 3.67. The van der Waals surface area contributed by atoms with Crippen molar-refractivity contribution in [2.45, 2.75) is 50.8 Å². The predicted octanol–water partition coefficient (Wildman–Crippen LogP) is 2.39. The number of carboxylic acid groups (broad SMARTS) is 1. The van der Waals surface area contributed by atoms with Gasteiger partial charge in [0.05, 0.1) is 12.6 Å². The fourth-order valence-electron chi connectivity index (χ4n) is 4.20. The van der Waals surface area contributed by atoms with Gasteiger partial charge >= 0.3 is 12.0 Å². The average molecular weight is 389 g/mol. The van der Waals surface area contributed by atoms with Crippen LogP contribution < -0.4 is 10.6 Å². The number of rotatable bonds is 8. The van der Waals surface area contributed by atoms with Crippen LogP contribution in [-0.4, -0.2) is 60.3 Å². The molecule has 3 rings (SSSR count). The molecule has 2 atom stereocenters. The lowest BCUT2D eigenvalue weighted by molar-refractivity contribution is -0.139. The molecule has 7 heteroatoms. The number of carboxylic acids is 1. The molecule has 2 unspecified atom stereocenters. The van der Waals surface area contributed by atoms with Crippen LogP contribution in [0.25, 0.3) is 0 Å². The van der Waals surface area contributed by atoms with Gasteiger partial charge in [0.1, 0.15) is 0 Å². The van der Waals surface area contributed by atoms with E-state index in [0.29, 0.717) is 13.1 Å². The first-order chi connectivity index (χ1) is 13.6. The van der Waals surface area contributed by atoms with E-state index < -0.39 is 5.97 Å². The molecule has 2 amide bonds. The van der Waals surface area contributed by atoms with Crippen molar-refractivity contribution in [3.05, 3.63) is 35.9 Å². The van der Waals surface area contributed by atoms with E-state index in [1.165, 1.54) is 0 Å². The molecule has 7 nitrogen and oxygen atoms in total. The van der Waals surface area contributed by atoms with E-state index in [2.05, 4.69) is 22.8 Å². The topological polar surface area (TPSA) is 90.9 Å². The Kier molecular flexibility index (Phi) is 7.28. The molecule has 1 aliphatic heterocycles. The van der Waals surface area contributed by atoms with Crippen LogP contribution in [0.1, 0.15) is 44.3 Å². The van der Waals surface area contributed by atoms with E-state index in [4.69, 9.17) is 9.84 Å². The van der Waals surface area contributed by atoms with Gasteiger partial charge in [-0.2, -0.15) is 0 Å². The number of hydrogen-bond donors (Lipinski definition) is 3. The second-order valence-electron chi connectivity index (χ2n) is 7.74. The number of benzene rings is 1. The highest BCUT2D eigenvalue weighted by atomic mass is 16.5. The van der Waals surface area contributed by atoms with Crippen molar-refractivity contribution in [2.75, 3.05) is 26.2 Å². The van der Waals surface area contributed by atoms with Gasteiger partial charge < -0.3 is 20.5 Å². The summed E-state index contributed by atoms with van der Waals surface area (Å²) >= 11 is 0. The highest BCUT2D eigenvalue weighted by molar-refractivity contribution is 5.74. The Balaban J connectivity index is 1.41. The smallest absolute Gasteiger partial charge is 0.317 e. The molecular weight excluding hydrogens is 358 g/mol. The quantitative estimate of drug-likeness (QED) is 0.635. The van der Waals surface area contributed by atoms with Crippen molar-refractivity contribution >= 4 is 12.0 Å². The molecule has 28 heavy (non-hydrogen) atoms. The van der Waals surface area contributed by atoms with Crippen LogP contribution in [0.4, 0.5) is 4.79 Å². The molecule has 0 spiro atoms. The van der Waals surface area contributed by atoms with E-state index in [0.717, 1.165) is 37.9 Å². The molecule has 1 saturated carbocycles. The third-order valence-electron chi connectivity index (χ3n) is 5.81. The average Bonchev–Trinajstić information content (AvgIpc) is 2.68. The minimum atomic E-state index is -0.807. The Hall–Kier alpha value is -2.12. The zero-order valence-electron chi connectivity index (χ0n) is 16.5. The highest BCUT2D eigenvalue weighted by Crippen LogP contribution is 2.33. The molecule has 2 fully saturated rings. The minimum Gasteiger partial charge on any atom is -0.480 e. The van der Waals surface area contributed by atoms with Crippen molar-refractivity contribution in [2.24, 2.45) is 5.92 Å². The maximum atomic E-state index is 12.3. The summed E-state index contributed by atoms with van der Waals surface area (Å²) in [6.45, 7) is 4.07. The summed E-state index contributed by atoms with van der Waals surface area (Å²) in [5.74, 6) is -0.541. The highest BCUT2D eigenvalue weighted by Gasteiger charge is 2.35.